The van der Waals surface area contributed by atoms with Crippen molar-refractivity contribution in [2.24, 2.45) is 0 Å². The molecule has 24 heavy (non-hydrogen) atoms. The predicted octanol–water partition coefficient (Wildman–Crippen LogP) is 0.963. The maximum Gasteiger partial charge on any atom is 0.341 e. The number of nitrogens with zero attached hydrogens (tertiary/aromatic N) is 1. The summed E-state index contributed by atoms with van der Waals surface area (Å²) in [5.74, 6) is -2.07. The van der Waals surface area contributed by atoms with Gasteiger partial charge in [0.25, 0.3) is 11.8 Å². The Morgan fingerprint density at radius 2 is 2.08 bits per heavy atom. The molecule has 0 aromatic heterocycles. The lowest BCUT2D eigenvalue weighted by Crippen LogP contribution is -2.53. The van der Waals surface area contributed by atoms with Crippen LogP contribution in [0.15, 0.2) is 42.5 Å². The van der Waals surface area contributed by atoms with Crippen molar-refractivity contribution in [1.82, 2.24) is 10.2 Å². The normalized spacial score (nSPS) is 16.1. The number of carbonyl (C=O) groups is 3. The molecule has 0 atom stereocenters. The molecule has 1 aromatic rings. The average Bonchev–Trinajstić information content (AvgIpc) is 2.54. The number of carboxylic acid groups (broad SMARTS) is 1. The van der Waals surface area contributed by atoms with E-state index in [0.29, 0.717) is 5.56 Å². The molecule has 0 radical (unpaired) electrons. The van der Waals surface area contributed by atoms with Gasteiger partial charge in [0.05, 0.1) is 0 Å². The molecule has 124 valence electrons. The number of carbonyl (C=O) groups excluding carboxylic acids is 2. The van der Waals surface area contributed by atoms with Crippen LogP contribution in [0.1, 0.15) is 5.56 Å². The monoisotopic (exact) mass is 346 g/mol. The number of carboxylic acids is 1. The molecule has 1 fully saturated rings. The Morgan fingerprint density at radius 3 is 2.75 bits per heavy atom. The van der Waals surface area contributed by atoms with Gasteiger partial charge in [0.15, 0.2) is 11.7 Å². The molecule has 2 amide bonds. The lowest BCUT2D eigenvalue weighted by Gasteiger charge is -2.27. The molecule has 8 heteroatoms. The van der Waals surface area contributed by atoms with Crippen molar-refractivity contribution in [2.75, 3.05) is 13.2 Å². The van der Waals surface area contributed by atoms with Gasteiger partial charge in [-0.2, -0.15) is 0 Å². The molecular formula is C16H14N2O5S. The highest BCUT2D eigenvalue weighted by atomic mass is 32.1. The van der Waals surface area contributed by atoms with E-state index in [-0.39, 0.29) is 23.0 Å². The van der Waals surface area contributed by atoms with Gasteiger partial charge in [0, 0.05) is 12.1 Å². The fraction of sp³-hybridized carbons (Fsp3) is 0.125. The van der Waals surface area contributed by atoms with Crippen LogP contribution >= 0.6 is 12.2 Å². The molecule has 0 aliphatic carbocycles. The third-order valence-electron chi connectivity index (χ3n) is 3.07. The number of hydrogen-bond donors (Lipinski definition) is 2. The van der Waals surface area contributed by atoms with Gasteiger partial charge < -0.3 is 9.84 Å². The molecule has 1 aromatic carbocycles. The van der Waals surface area contributed by atoms with Crippen molar-refractivity contribution in [3.05, 3.63) is 48.1 Å². The van der Waals surface area contributed by atoms with Crippen LogP contribution in [-0.2, 0) is 14.4 Å². The van der Waals surface area contributed by atoms with E-state index in [9.17, 15) is 14.4 Å². The number of aliphatic carboxylic acids is 1. The van der Waals surface area contributed by atoms with E-state index in [0.717, 1.165) is 0 Å². The molecule has 0 unspecified atom stereocenters. The highest BCUT2D eigenvalue weighted by molar-refractivity contribution is 7.80. The molecule has 2 N–H and O–H groups in total. The quantitative estimate of drug-likeness (QED) is 0.345. The second kappa shape index (κ2) is 7.51. The van der Waals surface area contributed by atoms with Crippen LogP contribution in [0.5, 0.6) is 5.75 Å². The Hall–Kier alpha value is -3.00. The van der Waals surface area contributed by atoms with E-state index in [1.54, 1.807) is 24.3 Å². The molecule has 0 saturated carbocycles. The smallest absolute Gasteiger partial charge is 0.341 e. The summed E-state index contributed by atoms with van der Waals surface area (Å²) in [6.07, 6.45) is 2.83. The molecule has 7 nitrogen and oxygen atoms in total. The summed E-state index contributed by atoms with van der Waals surface area (Å²) in [6.45, 7) is 3.17. The number of thiocarbonyl (C=S) groups is 1. The minimum absolute atomic E-state index is 0.0115. The van der Waals surface area contributed by atoms with Gasteiger partial charge in [0.1, 0.15) is 11.3 Å². The Bertz CT molecular complexity index is 757. The van der Waals surface area contributed by atoms with Crippen molar-refractivity contribution in [3.63, 3.8) is 0 Å². The Kier molecular flexibility index (Phi) is 5.43. The standard InChI is InChI=1S/C16H14N2O5S/c1-2-7-18-15(22)11(14(21)17-16(18)24)8-10-5-3-4-6-12(10)23-9-13(19)20/h2-6,8H,1,7,9H2,(H,19,20)(H,17,21,24)/b11-8+. The summed E-state index contributed by atoms with van der Waals surface area (Å²) in [5, 5.41) is 11.1. The zero-order valence-electron chi connectivity index (χ0n) is 12.5. The second-order valence-electron chi connectivity index (χ2n) is 4.74. The van der Waals surface area contributed by atoms with Crippen LogP contribution in [0.3, 0.4) is 0 Å². The molecule has 1 aliphatic rings. The molecule has 1 heterocycles. The minimum atomic E-state index is -1.13. The first kappa shape index (κ1) is 17.4. The van der Waals surface area contributed by atoms with E-state index >= 15 is 0 Å². The SMILES string of the molecule is C=CCN1C(=O)/C(=C/c2ccccc2OCC(=O)O)C(=O)NC1=S. The van der Waals surface area contributed by atoms with Crippen LogP contribution in [0.2, 0.25) is 0 Å². The van der Waals surface area contributed by atoms with Crippen LogP contribution in [0.25, 0.3) is 6.08 Å². The number of benzene rings is 1. The summed E-state index contributed by atoms with van der Waals surface area (Å²) < 4.78 is 5.16. The zero-order chi connectivity index (χ0) is 17.7. The maximum atomic E-state index is 12.4. The van der Waals surface area contributed by atoms with Crippen molar-refractivity contribution in [3.8, 4) is 5.75 Å². The van der Waals surface area contributed by atoms with Gasteiger partial charge in [-0.1, -0.05) is 24.3 Å². The van der Waals surface area contributed by atoms with Crippen LogP contribution < -0.4 is 10.1 Å². The Balaban J connectivity index is 2.37. The summed E-state index contributed by atoms with van der Waals surface area (Å²) >= 11 is 4.97. The van der Waals surface area contributed by atoms with Crippen LogP contribution in [0, 0.1) is 0 Å². The molecule has 1 saturated heterocycles. The van der Waals surface area contributed by atoms with Gasteiger partial charge in [-0.25, -0.2) is 4.79 Å². The van der Waals surface area contributed by atoms with E-state index in [1.165, 1.54) is 17.1 Å². The molecular weight excluding hydrogens is 332 g/mol. The zero-order valence-corrected chi connectivity index (χ0v) is 13.3. The largest absolute Gasteiger partial charge is 0.481 e. The maximum absolute atomic E-state index is 12.4. The minimum Gasteiger partial charge on any atom is -0.481 e. The third kappa shape index (κ3) is 3.85. The summed E-state index contributed by atoms with van der Waals surface area (Å²) in [6, 6.07) is 6.49. The summed E-state index contributed by atoms with van der Waals surface area (Å²) in [4.78, 5) is 36.4. The van der Waals surface area contributed by atoms with Crippen molar-refractivity contribution < 1.29 is 24.2 Å². The fourth-order valence-corrected chi connectivity index (χ4v) is 2.27. The van der Waals surface area contributed by atoms with Gasteiger partial charge >= 0.3 is 5.97 Å². The first-order valence-electron chi connectivity index (χ1n) is 6.87. The number of para-hydroxylation sites is 1. The molecule has 2 rings (SSSR count). The molecule has 1 aliphatic heterocycles. The number of rotatable bonds is 6. The first-order valence-corrected chi connectivity index (χ1v) is 7.28. The number of nitrogens with one attached hydrogen (secondary N) is 1. The molecule has 0 spiro atoms. The molecule has 0 bridgehead atoms. The van der Waals surface area contributed by atoms with E-state index in [4.69, 9.17) is 22.1 Å². The van der Waals surface area contributed by atoms with Crippen molar-refractivity contribution >= 4 is 41.2 Å². The lowest BCUT2D eigenvalue weighted by molar-refractivity contribution is -0.139. The number of hydrogen-bond acceptors (Lipinski definition) is 5. The van der Waals surface area contributed by atoms with E-state index < -0.39 is 24.4 Å². The summed E-state index contributed by atoms with van der Waals surface area (Å²) in [5.41, 5.74) is 0.278. The van der Waals surface area contributed by atoms with Gasteiger partial charge in [-0.15, -0.1) is 6.58 Å². The highest BCUT2D eigenvalue weighted by Crippen LogP contribution is 2.23. The third-order valence-corrected chi connectivity index (χ3v) is 3.39. The highest BCUT2D eigenvalue weighted by Gasteiger charge is 2.32. The topological polar surface area (TPSA) is 95.9 Å². The average molecular weight is 346 g/mol. The van der Waals surface area contributed by atoms with E-state index in [2.05, 4.69) is 11.9 Å². The summed E-state index contributed by atoms with van der Waals surface area (Å²) in [7, 11) is 0. The van der Waals surface area contributed by atoms with Gasteiger partial charge in [-0.05, 0) is 24.4 Å². The Morgan fingerprint density at radius 1 is 1.38 bits per heavy atom. The predicted molar refractivity (Wildman–Crippen MR) is 90.2 cm³/mol. The van der Waals surface area contributed by atoms with Crippen LogP contribution in [-0.4, -0.2) is 46.1 Å². The van der Waals surface area contributed by atoms with Crippen molar-refractivity contribution in [2.45, 2.75) is 0 Å². The lowest BCUT2D eigenvalue weighted by atomic mass is 10.1. The van der Waals surface area contributed by atoms with Gasteiger partial charge in [0.2, 0.25) is 0 Å². The fourth-order valence-electron chi connectivity index (χ4n) is 2.02. The van der Waals surface area contributed by atoms with Crippen LogP contribution in [0.4, 0.5) is 0 Å². The van der Waals surface area contributed by atoms with Crippen molar-refractivity contribution in [1.29, 1.82) is 0 Å². The number of amides is 2. The first-order chi connectivity index (χ1) is 11.4. The second-order valence-corrected chi connectivity index (χ2v) is 5.13. The Labute approximate surface area is 143 Å². The number of ether oxygens (including phenoxy) is 1. The van der Waals surface area contributed by atoms with E-state index in [1.807, 2.05) is 0 Å². The van der Waals surface area contributed by atoms with Gasteiger partial charge in [-0.3, -0.25) is 19.8 Å².